The monoisotopic (exact) mass is 264 g/mol. The van der Waals surface area contributed by atoms with Gasteiger partial charge in [-0.05, 0) is 37.6 Å². The van der Waals surface area contributed by atoms with E-state index in [4.69, 9.17) is 9.47 Å². The van der Waals surface area contributed by atoms with Gasteiger partial charge in [0, 0.05) is 18.2 Å². The van der Waals surface area contributed by atoms with Gasteiger partial charge in [0.25, 0.3) is 5.91 Å². The molecule has 1 atom stereocenters. The van der Waals surface area contributed by atoms with Crippen LogP contribution in [0.3, 0.4) is 0 Å². The van der Waals surface area contributed by atoms with Crippen molar-refractivity contribution in [2.24, 2.45) is 0 Å². The fourth-order valence-electron chi connectivity index (χ4n) is 2.23. The van der Waals surface area contributed by atoms with Crippen molar-refractivity contribution in [3.8, 4) is 11.5 Å². The van der Waals surface area contributed by atoms with E-state index < -0.39 is 0 Å². The van der Waals surface area contributed by atoms with Gasteiger partial charge < -0.3 is 20.1 Å². The molecule has 1 aliphatic rings. The highest BCUT2D eigenvalue weighted by Crippen LogP contribution is 2.27. The number of methoxy groups -OCH3 is 2. The second kappa shape index (κ2) is 6.43. The van der Waals surface area contributed by atoms with E-state index in [1.165, 1.54) is 6.42 Å². The number of carbonyl (C=O) groups is 1. The minimum Gasteiger partial charge on any atom is -0.493 e. The molecule has 1 aromatic rings. The fourth-order valence-corrected chi connectivity index (χ4v) is 2.23. The molecule has 1 saturated heterocycles. The van der Waals surface area contributed by atoms with Gasteiger partial charge in [0.15, 0.2) is 11.5 Å². The number of hydrogen-bond donors (Lipinski definition) is 2. The lowest BCUT2D eigenvalue weighted by atomic mass is 10.1. The van der Waals surface area contributed by atoms with Gasteiger partial charge >= 0.3 is 0 Å². The summed E-state index contributed by atoms with van der Waals surface area (Å²) in [4.78, 5) is 12.0. The van der Waals surface area contributed by atoms with E-state index in [1.54, 1.807) is 32.4 Å². The van der Waals surface area contributed by atoms with Gasteiger partial charge in [-0.1, -0.05) is 0 Å². The summed E-state index contributed by atoms with van der Waals surface area (Å²) in [6.07, 6.45) is 2.29. The Kier molecular flexibility index (Phi) is 4.63. The van der Waals surface area contributed by atoms with Crippen molar-refractivity contribution < 1.29 is 14.3 Å². The summed E-state index contributed by atoms with van der Waals surface area (Å²) in [5.41, 5.74) is 0.579. The molecule has 1 fully saturated rings. The van der Waals surface area contributed by atoms with Gasteiger partial charge in [0.1, 0.15) is 0 Å². The predicted molar refractivity (Wildman–Crippen MR) is 72.9 cm³/mol. The molecule has 2 rings (SSSR count). The van der Waals surface area contributed by atoms with Crippen LogP contribution >= 0.6 is 0 Å². The minimum atomic E-state index is -0.0883. The van der Waals surface area contributed by atoms with Gasteiger partial charge in [-0.25, -0.2) is 0 Å². The molecule has 0 spiro atoms. The highest BCUT2D eigenvalue weighted by molar-refractivity contribution is 5.94. The summed E-state index contributed by atoms with van der Waals surface area (Å²) in [6, 6.07) is 5.56. The third-order valence-electron chi connectivity index (χ3n) is 3.32. The normalized spacial score (nSPS) is 18.1. The summed E-state index contributed by atoms with van der Waals surface area (Å²) in [7, 11) is 3.13. The Labute approximate surface area is 113 Å². The standard InChI is InChI=1S/C14H20N2O3/c1-18-12-6-5-10(8-13(12)19-2)14(17)16-9-11-4-3-7-15-11/h5-6,8,11,15H,3-4,7,9H2,1-2H3,(H,16,17). The lowest BCUT2D eigenvalue weighted by Gasteiger charge is -2.13. The average Bonchev–Trinajstić information content (AvgIpc) is 2.97. The molecule has 0 bridgehead atoms. The first-order valence-electron chi connectivity index (χ1n) is 6.48. The van der Waals surface area contributed by atoms with Crippen molar-refractivity contribution in [3.63, 3.8) is 0 Å². The van der Waals surface area contributed by atoms with E-state index in [9.17, 15) is 4.79 Å². The Morgan fingerprint density at radius 2 is 2.16 bits per heavy atom. The zero-order valence-electron chi connectivity index (χ0n) is 11.4. The molecule has 0 saturated carbocycles. The first-order valence-corrected chi connectivity index (χ1v) is 6.48. The van der Waals surface area contributed by atoms with Crippen LogP contribution in [0.15, 0.2) is 18.2 Å². The molecule has 1 unspecified atom stereocenters. The molecule has 0 radical (unpaired) electrons. The Hall–Kier alpha value is -1.75. The van der Waals surface area contributed by atoms with Crippen molar-refractivity contribution >= 4 is 5.91 Å². The van der Waals surface area contributed by atoms with E-state index in [1.807, 2.05) is 0 Å². The second-order valence-corrected chi connectivity index (χ2v) is 4.57. The van der Waals surface area contributed by atoms with Crippen LogP contribution in [0.2, 0.25) is 0 Å². The minimum absolute atomic E-state index is 0.0883. The largest absolute Gasteiger partial charge is 0.493 e. The molecule has 104 valence electrons. The quantitative estimate of drug-likeness (QED) is 0.838. The van der Waals surface area contributed by atoms with Gasteiger partial charge in [0.2, 0.25) is 0 Å². The number of rotatable bonds is 5. The molecule has 5 nitrogen and oxygen atoms in total. The summed E-state index contributed by atoms with van der Waals surface area (Å²) in [6.45, 7) is 1.70. The van der Waals surface area contributed by atoms with Crippen molar-refractivity contribution in [2.45, 2.75) is 18.9 Å². The summed E-state index contributed by atoms with van der Waals surface area (Å²) in [5, 5.41) is 6.28. The Bertz CT molecular complexity index is 442. The maximum Gasteiger partial charge on any atom is 0.251 e. The smallest absolute Gasteiger partial charge is 0.251 e. The number of benzene rings is 1. The second-order valence-electron chi connectivity index (χ2n) is 4.57. The average molecular weight is 264 g/mol. The summed E-state index contributed by atoms with van der Waals surface area (Å²) < 4.78 is 10.3. The number of hydrogen-bond acceptors (Lipinski definition) is 4. The predicted octanol–water partition coefficient (Wildman–Crippen LogP) is 1.19. The van der Waals surface area contributed by atoms with Gasteiger partial charge in [-0.2, -0.15) is 0 Å². The molecule has 0 aromatic heterocycles. The van der Waals surface area contributed by atoms with Crippen molar-refractivity contribution in [3.05, 3.63) is 23.8 Å². The highest BCUT2D eigenvalue weighted by Gasteiger charge is 2.16. The first kappa shape index (κ1) is 13.7. The molecule has 1 aromatic carbocycles. The van der Waals surface area contributed by atoms with Crippen LogP contribution in [0.4, 0.5) is 0 Å². The molecule has 5 heteroatoms. The number of ether oxygens (including phenoxy) is 2. The van der Waals surface area contributed by atoms with E-state index in [0.29, 0.717) is 29.6 Å². The van der Waals surface area contributed by atoms with Crippen LogP contribution in [0, 0.1) is 0 Å². The number of amides is 1. The molecule has 1 aliphatic heterocycles. The Morgan fingerprint density at radius 3 is 2.79 bits per heavy atom. The van der Waals surface area contributed by atoms with Gasteiger partial charge in [0.05, 0.1) is 14.2 Å². The van der Waals surface area contributed by atoms with Crippen LogP contribution in [-0.2, 0) is 0 Å². The van der Waals surface area contributed by atoms with Crippen LogP contribution in [0.5, 0.6) is 11.5 Å². The van der Waals surface area contributed by atoms with E-state index in [0.717, 1.165) is 13.0 Å². The molecule has 2 N–H and O–H groups in total. The summed E-state index contributed by atoms with van der Waals surface area (Å²) >= 11 is 0. The number of nitrogens with one attached hydrogen (secondary N) is 2. The van der Waals surface area contributed by atoms with Gasteiger partial charge in [-0.15, -0.1) is 0 Å². The van der Waals surface area contributed by atoms with Crippen molar-refractivity contribution in [1.29, 1.82) is 0 Å². The first-order chi connectivity index (χ1) is 9.24. The number of carbonyl (C=O) groups excluding carboxylic acids is 1. The highest BCUT2D eigenvalue weighted by atomic mass is 16.5. The lowest BCUT2D eigenvalue weighted by Crippen LogP contribution is -2.37. The third kappa shape index (κ3) is 3.38. The Balaban J connectivity index is 1.98. The Morgan fingerprint density at radius 1 is 1.37 bits per heavy atom. The molecule has 0 aliphatic carbocycles. The zero-order valence-corrected chi connectivity index (χ0v) is 11.4. The van der Waals surface area contributed by atoms with Crippen LogP contribution in [-0.4, -0.2) is 39.3 Å². The molecule has 19 heavy (non-hydrogen) atoms. The zero-order chi connectivity index (χ0) is 13.7. The summed E-state index contributed by atoms with van der Waals surface area (Å²) in [5.74, 6) is 1.10. The van der Waals surface area contributed by atoms with Crippen LogP contribution in [0.1, 0.15) is 23.2 Å². The lowest BCUT2D eigenvalue weighted by molar-refractivity contribution is 0.0950. The molecular formula is C14H20N2O3. The van der Waals surface area contributed by atoms with Crippen LogP contribution in [0.25, 0.3) is 0 Å². The third-order valence-corrected chi connectivity index (χ3v) is 3.32. The topological polar surface area (TPSA) is 59.6 Å². The maximum absolute atomic E-state index is 12.0. The van der Waals surface area contributed by atoms with Crippen molar-refractivity contribution in [2.75, 3.05) is 27.3 Å². The molecule has 1 heterocycles. The molecular weight excluding hydrogens is 244 g/mol. The maximum atomic E-state index is 12.0. The SMILES string of the molecule is COc1ccc(C(=O)NCC2CCCN2)cc1OC. The van der Waals surface area contributed by atoms with E-state index in [2.05, 4.69) is 10.6 Å². The molecule has 1 amide bonds. The van der Waals surface area contributed by atoms with Gasteiger partial charge in [-0.3, -0.25) is 4.79 Å². The fraction of sp³-hybridized carbons (Fsp3) is 0.500. The van der Waals surface area contributed by atoms with Crippen molar-refractivity contribution in [1.82, 2.24) is 10.6 Å². The van der Waals surface area contributed by atoms with E-state index >= 15 is 0 Å². The van der Waals surface area contributed by atoms with E-state index in [-0.39, 0.29) is 5.91 Å². The van der Waals surface area contributed by atoms with Crippen LogP contribution < -0.4 is 20.1 Å².